The van der Waals surface area contributed by atoms with Crippen molar-refractivity contribution in [2.45, 2.75) is 33.7 Å². The first-order valence-corrected chi connectivity index (χ1v) is 6.57. The Balaban J connectivity index is 3.06. The number of amides is 1. The van der Waals surface area contributed by atoms with Crippen LogP contribution in [0, 0.1) is 5.92 Å². The maximum atomic E-state index is 12.5. The molecule has 0 heterocycles. The Hall–Kier alpha value is -1.22. The molecule has 0 bridgehead atoms. The van der Waals surface area contributed by atoms with Gasteiger partial charge in [-0.3, -0.25) is 4.79 Å². The van der Waals surface area contributed by atoms with Crippen molar-refractivity contribution in [3.8, 4) is 0 Å². The standard InChI is InChI=1S/C14H21ClN2O/c1-9(2)8-17(10(3)4)14(18)11-6-5-7-12(16)13(11)15/h5-7,9-10H,8,16H2,1-4H3. The number of hydrogen-bond donors (Lipinski definition) is 1. The number of benzene rings is 1. The summed E-state index contributed by atoms with van der Waals surface area (Å²) in [7, 11) is 0. The van der Waals surface area contributed by atoms with Gasteiger partial charge in [-0.2, -0.15) is 0 Å². The van der Waals surface area contributed by atoms with Crippen LogP contribution in [0.5, 0.6) is 0 Å². The van der Waals surface area contributed by atoms with E-state index in [1.807, 2.05) is 18.7 Å². The SMILES string of the molecule is CC(C)CN(C(=O)c1cccc(N)c1Cl)C(C)C. The Bertz CT molecular complexity index is 430. The molecular formula is C14H21ClN2O. The smallest absolute Gasteiger partial charge is 0.255 e. The molecule has 18 heavy (non-hydrogen) atoms. The van der Waals surface area contributed by atoms with Gasteiger partial charge in [0.15, 0.2) is 0 Å². The average Bonchev–Trinajstić information content (AvgIpc) is 2.28. The van der Waals surface area contributed by atoms with E-state index in [-0.39, 0.29) is 11.9 Å². The van der Waals surface area contributed by atoms with Gasteiger partial charge in [-0.25, -0.2) is 0 Å². The van der Waals surface area contributed by atoms with Crippen LogP contribution in [0.15, 0.2) is 18.2 Å². The van der Waals surface area contributed by atoms with Crippen LogP contribution in [0.3, 0.4) is 0 Å². The minimum Gasteiger partial charge on any atom is -0.398 e. The molecule has 0 unspecified atom stereocenters. The summed E-state index contributed by atoms with van der Waals surface area (Å²) in [6.45, 7) is 8.88. The summed E-state index contributed by atoms with van der Waals surface area (Å²) in [6.07, 6.45) is 0. The van der Waals surface area contributed by atoms with Crippen LogP contribution in [-0.4, -0.2) is 23.4 Å². The number of hydrogen-bond acceptors (Lipinski definition) is 2. The number of nitrogen functional groups attached to an aromatic ring is 1. The molecule has 1 aromatic rings. The molecule has 3 nitrogen and oxygen atoms in total. The van der Waals surface area contributed by atoms with Crippen molar-refractivity contribution < 1.29 is 4.79 Å². The fourth-order valence-electron chi connectivity index (χ4n) is 1.79. The topological polar surface area (TPSA) is 46.3 Å². The second kappa shape index (κ2) is 6.10. The van der Waals surface area contributed by atoms with Crippen LogP contribution >= 0.6 is 11.6 Å². The predicted octanol–water partition coefficient (Wildman–Crippen LogP) is 3.43. The molecule has 0 aromatic heterocycles. The number of halogens is 1. The Morgan fingerprint density at radius 2 is 1.94 bits per heavy atom. The van der Waals surface area contributed by atoms with E-state index in [1.165, 1.54) is 0 Å². The lowest BCUT2D eigenvalue weighted by atomic mass is 10.1. The van der Waals surface area contributed by atoms with Gasteiger partial charge in [0.25, 0.3) is 5.91 Å². The molecule has 0 radical (unpaired) electrons. The number of nitrogens with two attached hydrogens (primary N) is 1. The van der Waals surface area contributed by atoms with Crippen molar-refractivity contribution in [3.63, 3.8) is 0 Å². The molecule has 0 saturated heterocycles. The largest absolute Gasteiger partial charge is 0.398 e. The van der Waals surface area contributed by atoms with E-state index >= 15 is 0 Å². The van der Waals surface area contributed by atoms with Gasteiger partial charge in [0.2, 0.25) is 0 Å². The lowest BCUT2D eigenvalue weighted by Gasteiger charge is -2.29. The van der Waals surface area contributed by atoms with Crippen LogP contribution < -0.4 is 5.73 Å². The van der Waals surface area contributed by atoms with Crippen LogP contribution in [0.25, 0.3) is 0 Å². The highest BCUT2D eigenvalue weighted by molar-refractivity contribution is 6.36. The van der Waals surface area contributed by atoms with Gasteiger partial charge in [-0.05, 0) is 31.9 Å². The van der Waals surface area contributed by atoms with E-state index in [2.05, 4.69) is 13.8 Å². The third-order valence-corrected chi connectivity index (χ3v) is 3.13. The molecule has 1 rings (SSSR count). The molecule has 4 heteroatoms. The molecular weight excluding hydrogens is 248 g/mol. The molecule has 1 aromatic carbocycles. The summed E-state index contributed by atoms with van der Waals surface area (Å²) in [5, 5.41) is 0.344. The molecule has 1 amide bonds. The first kappa shape index (κ1) is 14.8. The number of carbonyl (C=O) groups is 1. The fourth-order valence-corrected chi connectivity index (χ4v) is 2.00. The van der Waals surface area contributed by atoms with Gasteiger partial charge in [-0.1, -0.05) is 31.5 Å². The van der Waals surface area contributed by atoms with Gasteiger partial charge in [0.05, 0.1) is 16.3 Å². The van der Waals surface area contributed by atoms with Gasteiger partial charge < -0.3 is 10.6 Å². The molecule has 0 aliphatic carbocycles. The molecule has 0 aliphatic rings. The van der Waals surface area contributed by atoms with E-state index in [0.717, 1.165) is 0 Å². The van der Waals surface area contributed by atoms with Crippen LogP contribution in [0.4, 0.5) is 5.69 Å². The highest BCUT2D eigenvalue weighted by Crippen LogP contribution is 2.25. The number of carbonyl (C=O) groups excluding carboxylic acids is 1. The van der Waals surface area contributed by atoms with Crippen molar-refractivity contribution >= 4 is 23.2 Å². The van der Waals surface area contributed by atoms with E-state index in [1.54, 1.807) is 18.2 Å². The molecule has 0 fully saturated rings. The minimum atomic E-state index is -0.0593. The highest BCUT2D eigenvalue weighted by atomic mass is 35.5. The summed E-state index contributed by atoms with van der Waals surface area (Å²) in [5.74, 6) is 0.354. The van der Waals surface area contributed by atoms with Crippen molar-refractivity contribution in [1.29, 1.82) is 0 Å². The number of nitrogens with zero attached hydrogens (tertiary/aromatic N) is 1. The van der Waals surface area contributed by atoms with Gasteiger partial charge in [0, 0.05) is 12.6 Å². The zero-order chi connectivity index (χ0) is 13.9. The Kier molecular flexibility index (Phi) is 5.03. The van der Waals surface area contributed by atoms with Crippen molar-refractivity contribution in [3.05, 3.63) is 28.8 Å². The van der Waals surface area contributed by atoms with E-state index < -0.39 is 0 Å². The van der Waals surface area contributed by atoms with Crippen molar-refractivity contribution in [1.82, 2.24) is 4.90 Å². The molecule has 0 atom stereocenters. The molecule has 2 N–H and O–H groups in total. The zero-order valence-electron chi connectivity index (χ0n) is 11.4. The first-order valence-electron chi connectivity index (χ1n) is 6.19. The summed E-state index contributed by atoms with van der Waals surface area (Å²) in [6, 6.07) is 5.30. The third-order valence-electron chi connectivity index (χ3n) is 2.71. The van der Waals surface area contributed by atoms with Gasteiger partial charge in [-0.15, -0.1) is 0 Å². The fraction of sp³-hybridized carbons (Fsp3) is 0.500. The Morgan fingerprint density at radius 1 is 1.33 bits per heavy atom. The zero-order valence-corrected chi connectivity index (χ0v) is 12.2. The minimum absolute atomic E-state index is 0.0593. The summed E-state index contributed by atoms with van der Waals surface area (Å²) < 4.78 is 0. The van der Waals surface area contributed by atoms with Crippen LogP contribution in [-0.2, 0) is 0 Å². The molecule has 100 valence electrons. The van der Waals surface area contributed by atoms with Crippen LogP contribution in [0.1, 0.15) is 38.1 Å². The highest BCUT2D eigenvalue weighted by Gasteiger charge is 2.22. The van der Waals surface area contributed by atoms with Crippen molar-refractivity contribution in [2.75, 3.05) is 12.3 Å². The average molecular weight is 269 g/mol. The van der Waals surface area contributed by atoms with Crippen molar-refractivity contribution in [2.24, 2.45) is 5.92 Å². The number of rotatable bonds is 4. The molecule has 0 saturated carbocycles. The maximum Gasteiger partial charge on any atom is 0.255 e. The summed E-state index contributed by atoms with van der Waals surface area (Å²) >= 11 is 6.10. The molecule has 0 aliphatic heterocycles. The second-order valence-electron chi connectivity index (χ2n) is 5.15. The number of anilines is 1. The normalized spacial score (nSPS) is 11.1. The predicted molar refractivity (Wildman–Crippen MR) is 76.9 cm³/mol. The third kappa shape index (κ3) is 3.39. The van der Waals surface area contributed by atoms with Crippen LogP contribution in [0.2, 0.25) is 5.02 Å². The summed E-state index contributed by atoms with van der Waals surface area (Å²) in [4.78, 5) is 14.3. The quantitative estimate of drug-likeness (QED) is 0.851. The maximum absolute atomic E-state index is 12.5. The molecule has 0 spiro atoms. The van der Waals surface area contributed by atoms with E-state index in [0.29, 0.717) is 28.7 Å². The van der Waals surface area contributed by atoms with E-state index in [9.17, 15) is 4.79 Å². The second-order valence-corrected chi connectivity index (χ2v) is 5.53. The lowest BCUT2D eigenvalue weighted by molar-refractivity contribution is 0.0682. The van der Waals surface area contributed by atoms with Gasteiger partial charge >= 0.3 is 0 Å². The Labute approximate surface area is 114 Å². The summed E-state index contributed by atoms with van der Waals surface area (Å²) in [5.41, 5.74) is 6.65. The lowest BCUT2D eigenvalue weighted by Crippen LogP contribution is -2.39. The van der Waals surface area contributed by atoms with Gasteiger partial charge in [0.1, 0.15) is 0 Å². The monoisotopic (exact) mass is 268 g/mol. The Morgan fingerprint density at radius 3 is 2.44 bits per heavy atom. The first-order chi connectivity index (χ1) is 8.34. The van der Waals surface area contributed by atoms with E-state index in [4.69, 9.17) is 17.3 Å².